The van der Waals surface area contributed by atoms with Crippen molar-refractivity contribution in [3.63, 3.8) is 0 Å². The molecule has 0 saturated carbocycles. The zero-order chi connectivity index (χ0) is 43.3. The average Bonchev–Trinajstić information content (AvgIpc) is 3.71. The normalized spacial score (nSPS) is 16.6. The highest BCUT2D eigenvalue weighted by molar-refractivity contribution is 6.50. The lowest BCUT2D eigenvalue weighted by atomic mass is 9.78. The molecule has 318 valence electrons. The number of hydrogen-bond acceptors (Lipinski definition) is 1. The summed E-state index contributed by atoms with van der Waals surface area (Å²) in [5.74, 6) is 1.42. The molecule has 10 heteroatoms. The van der Waals surface area contributed by atoms with Crippen LogP contribution in [-0.4, -0.2) is 35.3 Å². The van der Waals surface area contributed by atoms with Crippen molar-refractivity contribution in [2.75, 3.05) is 13.2 Å². The van der Waals surface area contributed by atoms with Crippen LogP contribution in [0.1, 0.15) is 90.2 Å². The summed E-state index contributed by atoms with van der Waals surface area (Å²) in [6.45, 7) is 11.8. The molecular weight excluding hydrogens is 814 g/mol. The lowest BCUT2D eigenvalue weighted by Crippen LogP contribution is -2.16. The predicted octanol–water partition coefficient (Wildman–Crippen LogP) is 15.3. The first-order valence-corrected chi connectivity index (χ1v) is 22.5. The van der Waals surface area contributed by atoms with E-state index < -0.39 is 7.25 Å². The van der Waals surface area contributed by atoms with Crippen LogP contribution in [0, 0.1) is 5.92 Å². The van der Waals surface area contributed by atoms with E-state index in [1.54, 1.807) is 0 Å². The van der Waals surface area contributed by atoms with Gasteiger partial charge in [-0.2, -0.15) is 4.58 Å². The second-order valence-electron chi connectivity index (χ2n) is 16.2. The molecule has 0 bridgehead atoms. The zero-order valence-corrected chi connectivity index (χ0v) is 36.9. The Morgan fingerprint density at radius 2 is 1.39 bits per heavy atom. The quantitative estimate of drug-likeness (QED) is 0.0461. The number of nitrogens with zero attached hydrogens (tertiary/aromatic N) is 2. The first-order chi connectivity index (χ1) is 29.4. The van der Waals surface area contributed by atoms with E-state index in [1.165, 1.54) is 66.3 Å². The monoisotopic (exact) mass is 866 g/mol. The van der Waals surface area contributed by atoms with Crippen LogP contribution in [0.15, 0.2) is 114 Å². The van der Waals surface area contributed by atoms with E-state index in [0.29, 0.717) is 5.92 Å². The minimum atomic E-state index is -6.00. The molecule has 1 aliphatic carbocycles. The molecule has 0 N–H and O–H groups in total. The zero-order valence-electron chi connectivity index (χ0n) is 35.4. The average molecular weight is 868 g/mol. The van der Waals surface area contributed by atoms with Crippen molar-refractivity contribution in [2.45, 2.75) is 85.6 Å². The third-order valence-electron chi connectivity index (χ3n) is 11.7. The van der Waals surface area contributed by atoms with Crippen LogP contribution in [-0.2, 0) is 6.54 Å². The van der Waals surface area contributed by atoms with Crippen molar-refractivity contribution in [1.29, 1.82) is 0 Å². The van der Waals surface area contributed by atoms with Crippen LogP contribution >= 0.6 is 23.2 Å². The van der Waals surface area contributed by atoms with E-state index >= 15 is 0 Å². The van der Waals surface area contributed by atoms with Gasteiger partial charge in [-0.15, -0.1) is 0 Å². The van der Waals surface area contributed by atoms with Gasteiger partial charge in [-0.25, -0.2) is 0 Å². The van der Waals surface area contributed by atoms with Gasteiger partial charge in [0.1, 0.15) is 12.3 Å². The predicted molar refractivity (Wildman–Crippen MR) is 251 cm³/mol. The number of halogens is 6. The van der Waals surface area contributed by atoms with E-state index in [2.05, 4.69) is 146 Å². The Balaban J connectivity index is 0.00000106. The van der Waals surface area contributed by atoms with Gasteiger partial charge in [0, 0.05) is 67.6 Å². The van der Waals surface area contributed by atoms with Crippen molar-refractivity contribution >= 4 is 86.0 Å². The highest BCUT2D eigenvalue weighted by atomic mass is 35.5. The van der Waals surface area contributed by atoms with Gasteiger partial charge in [-0.3, -0.25) is 0 Å². The van der Waals surface area contributed by atoms with Gasteiger partial charge in [0.2, 0.25) is 11.4 Å². The number of hydrogen-bond donors (Lipinski definition) is 0. The standard InChI is InChI=1S/C51H53Cl2N2O.BF4/c1-5-8-29-54-45(41-15-11-13-39-43(52)23-27-47(54)50(39)41)25-19-36-32-34(4)33-37(49(36)35-17-21-38(22-18-35)56-31-10-7-3)20-26-46-42-16-12-14-40-44(53)24-28-48(51(40)42)55(46)30-9-6-2;2-1(3,4)5/h11-28,34H,5-10,29-33H2,1-4H3;/q+1;-1. The smallest absolute Gasteiger partial charge is 0.494 e. The molecule has 0 fully saturated rings. The van der Waals surface area contributed by atoms with E-state index in [-0.39, 0.29) is 0 Å². The van der Waals surface area contributed by atoms with Gasteiger partial charge in [0.25, 0.3) is 0 Å². The summed E-state index contributed by atoms with van der Waals surface area (Å²) in [6.07, 6.45) is 18.3. The Morgan fingerprint density at radius 1 is 0.738 bits per heavy atom. The van der Waals surface area contributed by atoms with Crippen molar-refractivity contribution in [2.24, 2.45) is 5.92 Å². The topological polar surface area (TPSA) is 17.2 Å². The van der Waals surface area contributed by atoms with Crippen molar-refractivity contribution < 1.29 is 26.6 Å². The molecule has 0 amide bonds. The van der Waals surface area contributed by atoms with Gasteiger partial charge in [0.15, 0.2) is 0 Å². The van der Waals surface area contributed by atoms with E-state index in [0.717, 1.165) is 97.6 Å². The first kappa shape index (κ1) is 44.3. The van der Waals surface area contributed by atoms with Gasteiger partial charge >= 0.3 is 7.25 Å². The van der Waals surface area contributed by atoms with Crippen LogP contribution in [0.4, 0.5) is 23.0 Å². The Bertz CT molecular complexity index is 2720. The maximum absolute atomic E-state index is 9.75. The maximum atomic E-state index is 9.75. The molecule has 0 spiro atoms. The Labute approximate surface area is 366 Å². The van der Waals surface area contributed by atoms with Crippen LogP contribution in [0.5, 0.6) is 5.75 Å². The molecule has 3 nitrogen and oxygen atoms in total. The summed E-state index contributed by atoms with van der Waals surface area (Å²) in [4.78, 5) is 0. The Kier molecular flexibility index (Phi) is 14.2. The molecule has 6 aromatic rings. The molecule has 2 heterocycles. The van der Waals surface area contributed by atoms with Crippen molar-refractivity contribution in [1.82, 2.24) is 4.57 Å². The molecule has 0 radical (unpaired) electrons. The first-order valence-electron chi connectivity index (χ1n) is 21.7. The third kappa shape index (κ3) is 9.82. The molecule has 1 atom stereocenters. The molecule has 1 aromatic heterocycles. The van der Waals surface area contributed by atoms with E-state index in [1.807, 2.05) is 0 Å². The number of ether oxygens (including phenoxy) is 1. The van der Waals surface area contributed by atoms with E-state index in [4.69, 9.17) is 27.9 Å². The number of benzene rings is 5. The fourth-order valence-electron chi connectivity index (χ4n) is 8.92. The second kappa shape index (κ2) is 19.5. The van der Waals surface area contributed by atoms with Crippen LogP contribution < -0.4 is 10.1 Å². The molecule has 2 aliphatic rings. The minimum Gasteiger partial charge on any atom is -0.494 e. The lowest BCUT2D eigenvalue weighted by molar-refractivity contribution is -0.436. The molecule has 1 aliphatic heterocycles. The minimum absolute atomic E-state index is 0.489. The molecule has 5 aromatic carbocycles. The maximum Gasteiger partial charge on any atom is 0.673 e. The number of rotatable bonds is 14. The summed E-state index contributed by atoms with van der Waals surface area (Å²) >= 11 is 13.6. The van der Waals surface area contributed by atoms with Crippen molar-refractivity contribution in [3.05, 3.63) is 141 Å². The fourth-order valence-corrected chi connectivity index (χ4v) is 9.36. The van der Waals surface area contributed by atoms with Gasteiger partial charge < -0.3 is 26.6 Å². The summed E-state index contributed by atoms with van der Waals surface area (Å²) in [5, 5.41) is 8.89. The number of aryl methyl sites for hydroxylation is 1. The Hall–Kier alpha value is -4.79. The summed E-state index contributed by atoms with van der Waals surface area (Å²) in [7, 11) is -6.00. The SMILES string of the molecule is CCCCOc1ccc(C2=C(/C=C/C3=[N+](CCCC)c4ccc(Cl)c5cccc3c45)CC(C)C/C2=C\C=c2c3cccc4c(Cl)ccc(c43)n2CCCC)cc1.F[B-](F)(F)F. The summed E-state index contributed by atoms with van der Waals surface area (Å²) in [5.41, 5.74) is 10.3. The van der Waals surface area contributed by atoms with E-state index in [9.17, 15) is 17.3 Å². The second-order valence-corrected chi connectivity index (χ2v) is 17.0. The van der Waals surface area contributed by atoms with Gasteiger partial charge in [-0.1, -0.05) is 125 Å². The highest BCUT2D eigenvalue weighted by Gasteiger charge is 2.31. The van der Waals surface area contributed by atoms with Crippen LogP contribution in [0.2, 0.25) is 10.0 Å². The molecular formula is C51H53BCl2F4N2O. The van der Waals surface area contributed by atoms with Gasteiger partial charge in [-0.05, 0) is 96.4 Å². The molecule has 8 rings (SSSR count). The third-order valence-corrected chi connectivity index (χ3v) is 12.3. The number of allylic oxidation sites excluding steroid dienone is 6. The molecule has 1 unspecified atom stereocenters. The molecule has 0 saturated heterocycles. The summed E-state index contributed by atoms with van der Waals surface area (Å²) in [6, 6.07) is 30.5. The highest BCUT2D eigenvalue weighted by Crippen LogP contribution is 2.43. The summed E-state index contributed by atoms with van der Waals surface area (Å²) < 4.78 is 50.2. The van der Waals surface area contributed by atoms with Gasteiger partial charge in [0.05, 0.1) is 17.6 Å². The number of aromatic nitrogens is 1. The largest absolute Gasteiger partial charge is 0.673 e. The van der Waals surface area contributed by atoms with Crippen LogP contribution in [0.25, 0.3) is 44.1 Å². The Morgan fingerprint density at radius 3 is 2.10 bits per heavy atom. The number of unbranched alkanes of at least 4 members (excludes halogenated alkanes) is 3. The molecule has 61 heavy (non-hydrogen) atoms. The van der Waals surface area contributed by atoms with Crippen LogP contribution in [0.3, 0.4) is 0 Å². The van der Waals surface area contributed by atoms with Crippen molar-refractivity contribution in [3.8, 4) is 5.75 Å². The fraction of sp³-hybridized carbons (Fsp3) is 0.314. The lowest BCUT2D eigenvalue weighted by Gasteiger charge is -2.27.